The van der Waals surface area contributed by atoms with E-state index in [1.165, 1.54) is 6.07 Å². The van der Waals surface area contributed by atoms with Gasteiger partial charge in [-0.3, -0.25) is 4.98 Å². The summed E-state index contributed by atoms with van der Waals surface area (Å²) in [5, 5.41) is 11.0. The normalized spacial score (nSPS) is 30.9. The van der Waals surface area contributed by atoms with Gasteiger partial charge in [0.25, 0.3) is 0 Å². The molecule has 1 atom stereocenters. The highest BCUT2D eigenvalue weighted by atomic mass is 19.1. The molecule has 1 aliphatic carbocycles. The Labute approximate surface area is 114 Å². The first kappa shape index (κ1) is 14.4. The number of hydrogen-bond donors (Lipinski definition) is 2. The van der Waals surface area contributed by atoms with Gasteiger partial charge in [0.1, 0.15) is 11.4 Å². The molecule has 0 amide bonds. The average Bonchev–Trinajstić information content (AvgIpc) is 2.40. The monoisotopic (exact) mass is 266 g/mol. The van der Waals surface area contributed by atoms with Gasteiger partial charge in [0.15, 0.2) is 0 Å². The first-order valence-electron chi connectivity index (χ1n) is 6.96. The maximum atomic E-state index is 13.0. The van der Waals surface area contributed by atoms with E-state index in [9.17, 15) is 9.50 Å². The molecule has 3 nitrogen and oxygen atoms in total. The van der Waals surface area contributed by atoms with Crippen LogP contribution in [0, 0.1) is 17.2 Å². The molecule has 1 heterocycles. The van der Waals surface area contributed by atoms with Gasteiger partial charge < -0.3 is 10.8 Å². The van der Waals surface area contributed by atoms with Gasteiger partial charge in [-0.2, -0.15) is 0 Å². The molecule has 4 heteroatoms. The third-order valence-electron chi connectivity index (χ3n) is 4.88. The van der Waals surface area contributed by atoms with Gasteiger partial charge in [0, 0.05) is 12.0 Å². The molecule has 106 valence electrons. The minimum atomic E-state index is -1.12. The molecule has 0 radical (unpaired) electrons. The molecule has 0 saturated heterocycles. The van der Waals surface area contributed by atoms with Crippen molar-refractivity contribution in [2.24, 2.45) is 17.1 Å². The van der Waals surface area contributed by atoms with E-state index in [0.29, 0.717) is 18.2 Å². The van der Waals surface area contributed by atoms with Crippen molar-refractivity contribution >= 4 is 0 Å². The number of nitrogens with zero attached hydrogens (tertiary/aromatic N) is 1. The second-order valence-corrected chi connectivity index (χ2v) is 6.10. The van der Waals surface area contributed by atoms with Crippen LogP contribution in [0.25, 0.3) is 0 Å². The Bertz CT molecular complexity index is 422. The van der Waals surface area contributed by atoms with Crippen molar-refractivity contribution in [2.75, 3.05) is 6.54 Å². The molecule has 1 fully saturated rings. The highest BCUT2D eigenvalue weighted by molar-refractivity contribution is 5.18. The molecule has 1 unspecified atom stereocenters. The zero-order valence-corrected chi connectivity index (χ0v) is 11.7. The Hall–Kier alpha value is -1.00. The molecule has 0 aromatic carbocycles. The quantitative estimate of drug-likeness (QED) is 0.884. The fraction of sp³-hybridized carbons (Fsp3) is 0.667. The number of aromatic nitrogens is 1. The molecule has 1 aromatic heterocycles. The predicted octanol–water partition coefficient (Wildman–Crippen LogP) is 2.58. The molecule has 0 aliphatic heterocycles. The molecule has 0 bridgehead atoms. The lowest BCUT2D eigenvalue weighted by Crippen LogP contribution is -2.50. The Morgan fingerprint density at radius 1 is 1.47 bits per heavy atom. The van der Waals surface area contributed by atoms with E-state index in [0.717, 1.165) is 31.9 Å². The fourth-order valence-corrected chi connectivity index (χ4v) is 3.14. The van der Waals surface area contributed by atoms with Crippen molar-refractivity contribution in [3.8, 4) is 0 Å². The first-order chi connectivity index (χ1) is 8.91. The minimum Gasteiger partial charge on any atom is -0.383 e. The molecule has 3 N–H and O–H groups in total. The minimum absolute atomic E-state index is 0.357. The summed E-state index contributed by atoms with van der Waals surface area (Å²) in [5.74, 6) is 0.287. The van der Waals surface area contributed by atoms with E-state index >= 15 is 0 Å². The van der Waals surface area contributed by atoms with E-state index in [-0.39, 0.29) is 5.41 Å². The van der Waals surface area contributed by atoms with Crippen LogP contribution in [0.3, 0.4) is 0 Å². The van der Waals surface area contributed by atoms with E-state index in [1.807, 2.05) is 0 Å². The zero-order valence-electron chi connectivity index (χ0n) is 11.7. The second-order valence-electron chi connectivity index (χ2n) is 6.10. The van der Waals surface area contributed by atoms with Crippen LogP contribution < -0.4 is 5.73 Å². The topological polar surface area (TPSA) is 59.1 Å². The lowest BCUT2D eigenvalue weighted by molar-refractivity contribution is -0.0999. The first-order valence-corrected chi connectivity index (χ1v) is 6.96. The van der Waals surface area contributed by atoms with E-state index in [4.69, 9.17) is 5.73 Å². The second kappa shape index (κ2) is 5.17. The van der Waals surface area contributed by atoms with Crippen LogP contribution in [0.5, 0.6) is 0 Å². The fourth-order valence-electron chi connectivity index (χ4n) is 3.14. The summed E-state index contributed by atoms with van der Waals surface area (Å²) in [6, 6.07) is 2.90. The Morgan fingerprint density at radius 2 is 2.11 bits per heavy atom. The Kier molecular flexibility index (Phi) is 3.92. The highest BCUT2D eigenvalue weighted by Crippen LogP contribution is 2.49. The Balaban J connectivity index is 2.32. The van der Waals surface area contributed by atoms with Gasteiger partial charge in [-0.15, -0.1) is 0 Å². The molecular weight excluding hydrogens is 243 g/mol. The van der Waals surface area contributed by atoms with Gasteiger partial charge in [0.05, 0.1) is 11.9 Å². The summed E-state index contributed by atoms with van der Waals surface area (Å²) >= 11 is 0. The summed E-state index contributed by atoms with van der Waals surface area (Å²) in [4.78, 5) is 4.06. The Morgan fingerprint density at radius 3 is 2.58 bits per heavy atom. The summed E-state index contributed by atoms with van der Waals surface area (Å²) in [7, 11) is 0. The maximum Gasteiger partial charge on any atom is 0.141 e. The van der Waals surface area contributed by atoms with Crippen molar-refractivity contribution < 1.29 is 9.50 Å². The number of hydrogen-bond acceptors (Lipinski definition) is 3. The molecule has 1 saturated carbocycles. The van der Waals surface area contributed by atoms with Gasteiger partial charge >= 0.3 is 0 Å². The molecule has 2 rings (SSSR count). The molecule has 19 heavy (non-hydrogen) atoms. The smallest absolute Gasteiger partial charge is 0.141 e. The summed E-state index contributed by atoms with van der Waals surface area (Å²) in [6.45, 7) is 4.41. The van der Waals surface area contributed by atoms with Gasteiger partial charge in [-0.25, -0.2) is 4.39 Å². The molecule has 0 spiro atoms. The number of pyridine rings is 1. The summed E-state index contributed by atoms with van der Waals surface area (Å²) < 4.78 is 13.0. The van der Waals surface area contributed by atoms with Gasteiger partial charge in [-0.1, -0.05) is 19.8 Å². The van der Waals surface area contributed by atoms with Crippen LogP contribution in [-0.2, 0) is 5.60 Å². The molecular formula is C15H23FN2O. The average molecular weight is 266 g/mol. The van der Waals surface area contributed by atoms with E-state index < -0.39 is 11.4 Å². The van der Waals surface area contributed by atoms with E-state index in [2.05, 4.69) is 11.9 Å². The summed E-state index contributed by atoms with van der Waals surface area (Å²) in [6.07, 6.45) is 5.05. The lowest BCUT2D eigenvalue weighted by atomic mass is 9.61. The van der Waals surface area contributed by atoms with Crippen molar-refractivity contribution in [1.29, 1.82) is 0 Å². The SMILES string of the molecule is CC1CCC(CN)(C(C)(O)c2ccc(F)cn2)CC1. The number of halogens is 1. The van der Waals surface area contributed by atoms with Crippen LogP contribution in [0.15, 0.2) is 18.3 Å². The highest BCUT2D eigenvalue weighted by Gasteiger charge is 2.49. The number of aliphatic hydroxyl groups is 1. The van der Waals surface area contributed by atoms with Crippen LogP contribution in [0.4, 0.5) is 4.39 Å². The van der Waals surface area contributed by atoms with Crippen LogP contribution >= 0.6 is 0 Å². The summed E-state index contributed by atoms with van der Waals surface area (Å²) in [5.41, 5.74) is 5.01. The number of nitrogens with two attached hydrogens (primary N) is 1. The third kappa shape index (κ3) is 2.51. The maximum absolute atomic E-state index is 13.0. The van der Waals surface area contributed by atoms with Crippen molar-refractivity contribution in [3.63, 3.8) is 0 Å². The predicted molar refractivity (Wildman–Crippen MR) is 72.9 cm³/mol. The van der Waals surface area contributed by atoms with Gasteiger partial charge in [-0.05, 0) is 37.8 Å². The standard InChI is InChI=1S/C15H23FN2O/c1-11-5-7-15(10-17,8-6-11)14(2,19)13-4-3-12(16)9-18-13/h3-4,9,11,19H,5-8,10,17H2,1-2H3. The van der Waals surface area contributed by atoms with Crippen molar-refractivity contribution in [1.82, 2.24) is 4.98 Å². The zero-order chi connectivity index (χ0) is 14.1. The largest absolute Gasteiger partial charge is 0.383 e. The van der Waals surface area contributed by atoms with Crippen LogP contribution in [0.2, 0.25) is 0 Å². The van der Waals surface area contributed by atoms with Crippen molar-refractivity contribution in [2.45, 2.75) is 45.1 Å². The van der Waals surface area contributed by atoms with Crippen LogP contribution in [0.1, 0.15) is 45.2 Å². The third-order valence-corrected chi connectivity index (χ3v) is 4.88. The molecule has 1 aliphatic rings. The van der Waals surface area contributed by atoms with E-state index in [1.54, 1.807) is 13.0 Å². The lowest BCUT2D eigenvalue weighted by Gasteiger charge is -2.48. The van der Waals surface area contributed by atoms with Crippen LogP contribution in [-0.4, -0.2) is 16.6 Å². The van der Waals surface area contributed by atoms with Crippen molar-refractivity contribution in [3.05, 3.63) is 29.8 Å². The number of rotatable bonds is 3. The van der Waals surface area contributed by atoms with Gasteiger partial charge in [0.2, 0.25) is 0 Å². The molecule has 1 aromatic rings.